The maximum atomic E-state index is 14.8. The molecule has 1 aliphatic heterocycles. The number of anilines is 2. The number of rotatable bonds is 4. The van der Waals surface area contributed by atoms with Crippen molar-refractivity contribution >= 4 is 28.9 Å². The minimum absolute atomic E-state index is 0.00446. The van der Waals surface area contributed by atoms with Crippen molar-refractivity contribution in [2.45, 2.75) is 45.7 Å². The first-order chi connectivity index (χ1) is 14.2. The average molecular weight is 456 g/mol. The second-order valence-corrected chi connectivity index (χ2v) is 9.38. The van der Waals surface area contributed by atoms with Crippen LogP contribution in [-0.2, 0) is 5.67 Å². The number of nitrogens with zero attached hydrogens (tertiary/aromatic N) is 1. The molecule has 0 saturated carbocycles. The molecule has 9 heteroatoms. The van der Waals surface area contributed by atoms with Crippen LogP contribution in [0.5, 0.6) is 0 Å². The highest BCUT2D eigenvalue weighted by Crippen LogP contribution is 2.45. The summed E-state index contributed by atoms with van der Waals surface area (Å²) in [6.45, 7) is 5.56. The van der Waals surface area contributed by atoms with Crippen LogP contribution in [0.1, 0.15) is 50.0 Å². The van der Waals surface area contributed by atoms with Crippen LogP contribution in [0.2, 0.25) is 5.02 Å². The van der Waals surface area contributed by atoms with Gasteiger partial charge in [-0.15, -0.1) is 0 Å². The molecule has 2 aromatic rings. The number of hydrogen-bond acceptors (Lipinski definition) is 3. The molecular formula is C22H25ClF3N3O2. The van der Waals surface area contributed by atoms with Gasteiger partial charge in [-0.25, -0.2) is 13.2 Å². The van der Waals surface area contributed by atoms with E-state index in [9.17, 15) is 22.8 Å². The first kappa shape index (κ1) is 23.2. The van der Waals surface area contributed by atoms with Crippen LogP contribution in [0.3, 0.4) is 0 Å². The van der Waals surface area contributed by atoms with Crippen LogP contribution in [0.15, 0.2) is 35.3 Å². The molecule has 3 rings (SSSR count). The van der Waals surface area contributed by atoms with Gasteiger partial charge >= 0.3 is 0 Å². The minimum atomic E-state index is -2.87. The SMILES string of the molecule is CC(C)(F)c1cc(N2CCC(F)(F)C(C)(C)C2)c(C(=O)Nc2cc[nH]c(=O)c2)cc1Cl. The van der Waals surface area contributed by atoms with E-state index in [4.69, 9.17) is 11.6 Å². The molecule has 168 valence electrons. The number of piperidine rings is 1. The lowest BCUT2D eigenvalue weighted by Crippen LogP contribution is -2.53. The van der Waals surface area contributed by atoms with Crippen molar-refractivity contribution < 1.29 is 18.0 Å². The van der Waals surface area contributed by atoms with Crippen molar-refractivity contribution in [3.8, 4) is 0 Å². The number of aromatic nitrogens is 1. The zero-order valence-corrected chi connectivity index (χ0v) is 18.5. The summed E-state index contributed by atoms with van der Waals surface area (Å²) in [5.74, 6) is -3.45. The largest absolute Gasteiger partial charge is 0.370 e. The Kier molecular flexibility index (Phi) is 5.90. The van der Waals surface area contributed by atoms with Gasteiger partial charge in [-0.05, 0) is 32.0 Å². The number of benzene rings is 1. The average Bonchev–Trinajstić information content (AvgIpc) is 2.63. The quantitative estimate of drug-likeness (QED) is 0.652. The lowest BCUT2D eigenvalue weighted by atomic mass is 9.79. The summed E-state index contributed by atoms with van der Waals surface area (Å²) in [6.07, 6.45) is 0.988. The summed E-state index contributed by atoms with van der Waals surface area (Å²) in [5.41, 5.74) is -2.70. The van der Waals surface area contributed by atoms with E-state index < -0.39 is 34.9 Å². The Morgan fingerprint density at radius 1 is 1.26 bits per heavy atom. The summed E-state index contributed by atoms with van der Waals surface area (Å²) in [7, 11) is 0. The minimum Gasteiger partial charge on any atom is -0.370 e. The van der Waals surface area contributed by atoms with Gasteiger partial charge in [-0.2, -0.15) is 0 Å². The van der Waals surface area contributed by atoms with E-state index >= 15 is 0 Å². The number of alkyl halides is 3. The Labute approximate surface area is 183 Å². The molecule has 1 fully saturated rings. The number of H-pyrrole nitrogens is 1. The number of nitrogens with one attached hydrogen (secondary N) is 2. The monoisotopic (exact) mass is 455 g/mol. The fourth-order valence-corrected chi connectivity index (χ4v) is 4.06. The van der Waals surface area contributed by atoms with E-state index in [1.165, 1.54) is 58.2 Å². The normalized spacial score (nSPS) is 18.0. The highest BCUT2D eigenvalue weighted by Gasteiger charge is 2.50. The third kappa shape index (κ3) is 4.74. The number of hydrogen-bond donors (Lipinski definition) is 2. The Balaban J connectivity index is 2.07. The van der Waals surface area contributed by atoms with E-state index in [1.807, 2.05) is 0 Å². The van der Waals surface area contributed by atoms with Crippen molar-refractivity contribution in [3.05, 3.63) is 57.0 Å². The number of carbonyl (C=O) groups is 1. The van der Waals surface area contributed by atoms with Crippen molar-refractivity contribution in [1.29, 1.82) is 0 Å². The Bertz CT molecular complexity index is 1060. The lowest BCUT2D eigenvalue weighted by molar-refractivity contribution is -0.117. The lowest BCUT2D eigenvalue weighted by Gasteiger charge is -2.45. The van der Waals surface area contributed by atoms with Gasteiger partial charge in [0.25, 0.3) is 11.8 Å². The van der Waals surface area contributed by atoms with Crippen LogP contribution >= 0.6 is 11.6 Å². The Morgan fingerprint density at radius 3 is 2.52 bits per heavy atom. The van der Waals surface area contributed by atoms with Gasteiger partial charge in [0.2, 0.25) is 5.56 Å². The molecule has 2 heterocycles. The third-order valence-corrected chi connectivity index (χ3v) is 5.93. The number of carbonyl (C=O) groups excluding carboxylic acids is 1. The summed E-state index contributed by atoms with van der Waals surface area (Å²) in [6, 6.07) is 5.51. The predicted octanol–water partition coefficient (Wildman–Crippen LogP) is 5.36. The fourth-order valence-electron chi connectivity index (χ4n) is 3.67. The summed E-state index contributed by atoms with van der Waals surface area (Å²) < 4.78 is 43.5. The molecule has 1 aliphatic rings. The van der Waals surface area contributed by atoms with Crippen molar-refractivity contribution in [1.82, 2.24) is 4.98 Å². The summed E-state index contributed by atoms with van der Waals surface area (Å²) in [5, 5.41) is 2.66. The Hall–Kier alpha value is -2.48. The fraction of sp³-hybridized carbons (Fsp3) is 0.455. The first-order valence-corrected chi connectivity index (χ1v) is 10.2. The molecule has 5 nitrogen and oxygen atoms in total. The van der Waals surface area contributed by atoms with Gasteiger partial charge < -0.3 is 15.2 Å². The van der Waals surface area contributed by atoms with Crippen molar-refractivity contribution in [2.24, 2.45) is 5.41 Å². The highest BCUT2D eigenvalue weighted by atomic mass is 35.5. The van der Waals surface area contributed by atoms with Crippen molar-refractivity contribution in [3.63, 3.8) is 0 Å². The standard InChI is InChI=1S/C22H25ClF3N3O2/c1-20(2)12-29(8-6-22(20,25)26)17-11-15(21(3,4)24)16(23)10-14(17)19(31)28-13-5-7-27-18(30)9-13/h5,7,9-11H,6,8,12H2,1-4H3,(H2,27,28,30,31). The van der Waals surface area contributed by atoms with Gasteiger partial charge in [0.1, 0.15) is 5.67 Å². The predicted molar refractivity (Wildman–Crippen MR) is 116 cm³/mol. The summed E-state index contributed by atoms with van der Waals surface area (Å²) in [4.78, 5) is 28.7. The van der Waals surface area contributed by atoms with E-state index in [0.29, 0.717) is 5.69 Å². The maximum absolute atomic E-state index is 14.8. The highest BCUT2D eigenvalue weighted by molar-refractivity contribution is 6.32. The molecular weight excluding hydrogens is 431 g/mol. The molecule has 0 spiro atoms. The molecule has 2 N–H and O–H groups in total. The van der Waals surface area contributed by atoms with Crippen LogP contribution < -0.4 is 15.8 Å². The smallest absolute Gasteiger partial charge is 0.257 e. The molecule has 0 aliphatic carbocycles. The molecule has 31 heavy (non-hydrogen) atoms. The third-order valence-electron chi connectivity index (χ3n) is 5.62. The number of pyridine rings is 1. The molecule has 0 radical (unpaired) electrons. The van der Waals surface area contributed by atoms with Gasteiger partial charge in [0, 0.05) is 53.5 Å². The zero-order chi connectivity index (χ0) is 23.2. The molecule has 1 amide bonds. The number of amides is 1. The van der Waals surface area contributed by atoms with Gasteiger partial charge in [-0.1, -0.05) is 25.4 Å². The van der Waals surface area contributed by atoms with Gasteiger partial charge in [0.05, 0.1) is 11.3 Å². The van der Waals surface area contributed by atoms with E-state index in [0.717, 1.165) is 0 Å². The topological polar surface area (TPSA) is 65.2 Å². The van der Waals surface area contributed by atoms with E-state index in [1.54, 1.807) is 4.90 Å². The van der Waals surface area contributed by atoms with Crippen LogP contribution in [0, 0.1) is 5.41 Å². The number of halogens is 4. The molecule has 1 aromatic heterocycles. The van der Waals surface area contributed by atoms with Gasteiger partial charge in [0.15, 0.2) is 0 Å². The number of aromatic amines is 1. The molecule has 1 aromatic carbocycles. The zero-order valence-electron chi connectivity index (χ0n) is 17.8. The summed E-state index contributed by atoms with van der Waals surface area (Å²) >= 11 is 6.29. The van der Waals surface area contributed by atoms with E-state index in [2.05, 4.69) is 10.3 Å². The first-order valence-electron chi connectivity index (χ1n) is 9.87. The van der Waals surface area contributed by atoms with Gasteiger partial charge in [-0.3, -0.25) is 9.59 Å². The van der Waals surface area contributed by atoms with Crippen LogP contribution in [0.4, 0.5) is 24.5 Å². The molecule has 0 bridgehead atoms. The van der Waals surface area contributed by atoms with Crippen LogP contribution in [0.25, 0.3) is 0 Å². The molecule has 0 unspecified atom stereocenters. The van der Waals surface area contributed by atoms with Crippen LogP contribution in [-0.4, -0.2) is 29.9 Å². The second kappa shape index (κ2) is 7.89. The molecule has 0 atom stereocenters. The Morgan fingerprint density at radius 2 is 1.94 bits per heavy atom. The van der Waals surface area contributed by atoms with Crippen molar-refractivity contribution in [2.75, 3.05) is 23.3 Å². The second-order valence-electron chi connectivity index (χ2n) is 8.98. The van der Waals surface area contributed by atoms with E-state index in [-0.39, 0.29) is 34.9 Å². The molecule has 1 saturated heterocycles. The maximum Gasteiger partial charge on any atom is 0.257 e.